The van der Waals surface area contributed by atoms with Crippen molar-refractivity contribution in [3.05, 3.63) is 54.4 Å². The van der Waals surface area contributed by atoms with Crippen molar-refractivity contribution < 1.29 is 35.8 Å². The number of nitrogens with one attached hydrogen (secondary N) is 3. The van der Waals surface area contributed by atoms with Crippen molar-refractivity contribution in [3.8, 4) is 22.4 Å². The number of aromatic nitrogens is 2. The Morgan fingerprint density at radius 3 is 1.95 bits per heavy atom. The van der Waals surface area contributed by atoms with E-state index in [1.807, 2.05) is 0 Å². The first-order valence-electron chi connectivity index (χ1n) is 11.4. The minimum Gasteiger partial charge on any atom is -0.393 e. The topological polar surface area (TPSA) is 157 Å². The Balaban J connectivity index is 1.94. The Bertz CT molecular complexity index is 1350. The molecule has 2 atom stereocenters. The largest absolute Gasteiger partial charge is 0.451 e. The Hall–Kier alpha value is -3.11. The fourth-order valence-corrected chi connectivity index (χ4v) is 4.91. The Morgan fingerprint density at radius 1 is 0.842 bits per heavy atom. The summed E-state index contributed by atoms with van der Waals surface area (Å²) in [4.78, 5) is 7.69. The van der Waals surface area contributed by atoms with Gasteiger partial charge in [0.25, 0.3) is 22.5 Å². The summed E-state index contributed by atoms with van der Waals surface area (Å²) >= 11 is -4.81. The molecule has 1 heterocycles. The zero-order valence-electron chi connectivity index (χ0n) is 19.6. The molecule has 4 rings (SSSR count). The molecule has 38 heavy (non-hydrogen) atoms. The maximum absolute atomic E-state index is 13.9. The first-order valence-corrected chi connectivity index (χ1v) is 13.6. The van der Waals surface area contributed by atoms with Gasteiger partial charge in [0, 0.05) is 23.0 Å². The molecule has 1 aliphatic carbocycles. The normalized spacial score (nSPS) is 19.4. The van der Waals surface area contributed by atoms with Crippen molar-refractivity contribution in [1.29, 1.82) is 0 Å². The number of alkyl halides is 3. The first-order chi connectivity index (χ1) is 18.0. The van der Waals surface area contributed by atoms with Gasteiger partial charge < -0.3 is 10.4 Å². The van der Waals surface area contributed by atoms with Crippen LogP contribution >= 0.6 is 0 Å². The van der Waals surface area contributed by atoms with Gasteiger partial charge in [0.2, 0.25) is 5.82 Å². The van der Waals surface area contributed by atoms with E-state index in [1.165, 1.54) is 36.4 Å². The smallest absolute Gasteiger partial charge is 0.393 e. The quantitative estimate of drug-likeness (QED) is 0.214. The predicted molar refractivity (Wildman–Crippen MR) is 139 cm³/mol. The highest BCUT2D eigenvalue weighted by Gasteiger charge is 2.37. The van der Waals surface area contributed by atoms with Crippen molar-refractivity contribution in [1.82, 2.24) is 9.97 Å². The lowest BCUT2D eigenvalue weighted by molar-refractivity contribution is -0.144. The molecule has 0 aliphatic heterocycles. The van der Waals surface area contributed by atoms with E-state index in [9.17, 15) is 35.8 Å². The molecule has 0 amide bonds. The van der Waals surface area contributed by atoms with E-state index in [-0.39, 0.29) is 40.1 Å². The van der Waals surface area contributed by atoms with Crippen LogP contribution in [0.25, 0.3) is 22.4 Å². The third kappa shape index (κ3) is 7.05. The van der Waals surface area contributed by atoms with E-state index >= 15 is 0 Å². The molecule has 10 nitrogen and oxygen atoms in total. The number of halogens is 3. The Morgan fingerprint density at radius 2 is 1.39 bits per heavy atom. The van der Waals surface area contributed by atoms with Crippen LogP contribution in [0.1, 0.15) is 31.5 Å². The Labute approximate surface area is 220 Å². The molecule has 0 spiro atoms. The van der Waals surface area contributed by atoms with Gasteiger partial charge in [0.05, 0.1) is 17.4 Å². The van der Waals surface area contributed by atoms with Gasteiger partial charge in [-0.15, -0.1) is 0 Å². The number of hydrogen-bond donors (Lipinski definition) is 6. The minimum atomic E-state index is -4.88. The van der Waals surface area contributed by atoms with E-state index in [0.29, 0.717) is 31.2 Å². The summed E-state index contributed by atoms with van der Waals surface area (Å²) in [7, 11) is 0. The van der Waals surface area contributed by atoms with Crippen molar-refractivity contribution in [2.24, 2.45) is 0 Å². The maximum Gasteiger partial charge on any atom is 0.451 e. The second-order valence-corrected chi connectivity index (χ2v) is 10.0. The summed E-state index contributed by atoms with van der Waals surface area (Å²) < 4.78 is 87.5. The van der Waals surface area contributed by atoms with Gasteiger partial charge in [0.1, 0.15) is 5.82 Å². The fraction of sp³-hybridized carbons (Fsp3) is 0.304. The van der Waals surface area contributed by atoms with Crippen molar-refractivity contribution in [2.75, 3.05) is 14.8 Å². The molecule has 0 saturated heterocycles. The van der Waals surface area contributed by atoms with E-state index in [0.717, 1.165) is 0 Å². The van der Waals surface area contributed by atoms with E-state index < -0.39 is 40.6 Å². The molecule has 1 aromatic heterocycles. The van der Waals surface area contributed by atoms with Gasteiger partial charge in [-0.05, 0) is 55.5 Å². The number of benzene rings is 2. The van der Waals surface area contributed by atoms with E-state index in [2.05, 4.69) is 24.7 Å². The van der Waals surface area contributed by atoms with Crippen LogP contribution in [0.3, 0.4) is 0 Å². The predicted octanol–water partition coefficient (Wildman–Crippen LogP) is 4.64. The number of aliphatic hydroxyl groups excluding tert-OH is 1. The van der Waals surface area contributed by atoms with Crippen LogP contribution in [0.2, 0.25) is 0 Å². The lowest BCUT2D eigenvalue weighted by Gasteiger charge is -2.28. The summed E-state index contributed by atoms with van der Waals surface area (Å²) in [6.45, 7) is 0. The van der Waals surface area contributed by atoms with Crippen LogP contribution in [0, 0.1) is 0 Å². The molecule has 1 fully saturated rings. The van der Waals surface area contributed by atoms with Crippen molar-refractivity contribution >= 4 is 39.7 Å². The molecule has 15 heteroatoms. The van der Waals surface area contributed by atoms with Crippen LogP contribution in [0.15, 0.2) is 48.5 Å². The average Bonchev–Trinajstić information content (AvgIpc) is 2.84. The Kier molecular flexibility index (Phi) is 8.62. The molecule has 2 unspecified atom stereocenters. The third-order valence-corrected chi connectivity index (χ3v) is 6.72. The van der Waals surface area contributed by atoms with Gasteiger partial charge in [-0.25, -0.2) is 18.4 Å². The molecule has 6 N–H and O–H groups in total. The van der Waals surface area contributed by atoms with Gasteiger partial charge >= 0.3 is 6.18 Å². The fourth-order valence-electron chi connectivity index (χ4n) is 4.26. The van der Waals surface area contributed by atoms with Gasteiger partial charge in [0.15, 0.2) is 0 Å². The molecule has 1 saturated carbocycles. The molecule has 0 bridgehead atoms. The number of nitrogens with zero attached hydrogens (tertiary/aromatic N) is 2. The van der Waals surface area contributed by atoms with E-state index in [1.54, 1.807) is 12.1 Å². The van der Waals surface area contributed by atoms with Crippen LogP contribution in [-0.4, -0.2) is 44.7 Å². The molecule has 204 valence electrons. The molecular weight excluding hydrogens is 547 g/mol. The molecule has 0 radical (unpaired) electrons. The number of anilines is 3. The van der Waals surface area contributed by atoms with Crippen LogP contribution in [0.4, 0.5) is 30.4 Å². The number of rotatable bonds is 8. The highest BCUT2D eigenvalue weighted by Crippen LogP contribution is 2.41. The first kappa shape index (κ1) is 27.9. The van der Waals surface area contributed by atoms with Gasteiger partial charge in [-0.2, -0.15) is 13.2 Å². The van der Waals surface area contributed by atoms with Crippen LogP contribution in [0.5, 0.6) is 0 Å². The second-order valence-electron chi connectivity index (χ2n) is 8.63. The highest BCUT2D eigenvalue weighted by atomic mass is 32.2. The molecule has 1 aliphatic rings. The zero-order chi connectivity index (χ0) is 27.4. The number of hydrogen-bond acceptors (Lipinski definition) is 6. The standard InChI is InChI=1S/C23H24F3N5O5S2/c24-23(25,26)22-28-20(14-4-2-6-17(12-14)31-38(35)36)19(13-3-1-5-16(11-13)30-37(33)34)21(29-22)27-15-7-9-18(32)10-8-15/h1-6,11-12,15,18,30-32H,7-10H2,(H,33,34)(H,35,36)(H,27,28,29). The van der Waals surface area contributed by atoms with Crippen LogP contribution < -0.4 is 14.8 Å². The van der Waals surface area contributed by atoms with Crippen LogP contribution in [-0.2, 0) is 28.7 Å². The average molecular weight is 572 g/mol. The third-order valence-electron chi connectivity index (χ3n) is 5.90. The SMILES string of the molecule is O=S(O)Nc1cccc(-c2nc(C(F)(F)F)nc(NC3CCC(O)CC3)c2-c2cccc(NS(=O)O)c2)c1. The second kappa shape index (κ2) is 11.7. The summed E-state index contributed by atoms with van der Waals surface area (Å²) in [5, 5.41) is 13.0. The lowest BCUT2D eigenvalue weighted by atomic mass is 9.92. The minimum absolute atomic E-state index is 0.102. The summed E-state index contributed by atoms with van der Waals surface area (Å²) in [5.41, 5.74) is 1.04. The zero-order valence-corrected chi connectivity index (χ0v) is 21.2. The summed E-state index contributed by atoms with van der Waals surface area (Å²) in [5.74, 6) is -1.49. The summed E-state index contributed by atoms with van der Waals surface area (Å²) in [6, 6.07) is 11.7. The monoisotopic (exact) mass is 571 g/mol. The maximum atomic E-state index is 13.9. The lowest BCUT2D eigenvalue weighted by Crippen LogP contribution is -2.29. The highest BCUT2D eigenvalue weighted by molar-refractivity contribution is 7.80. The van der Waals surface area contributed by atoms with Crippen molar-refractivity contribution in [2.45, 2.75) is 44.0 Å². The molecule has 2 aromatic carbocycles. The molecule has 3 aromatic rings. The van der Waals surface area contributed by atoms with Gasteiger partial charge in [-0.3, -0.25) is 18.5 Å². The van der Waals surface area contributed by atoms with E-state index in [4.69, 9.17) is 0 Å². The number of aliphatic hydroxyl groups is 1. The molecular formula is C23H24F3N5O5S2. The van der Waals surface area contributed by atoms with Gasteiger partial charge in [-0.1, -0.05) is 24.3 Å². The summed E-state index contributed by atoms with van der Waals surface area (Å²) in [6.07, 6.45) is -3.39. The van der Waals surface area contributed by atoms with Crippen molar-refractivity contribution in [3.63, 3.8) is 0 Å².